The summed E-state index contributed by atoms with van der Waals surface area (Å²) in [5.74, 6) is -0.243. The summed E-state index contributed by atoms with van der Waals surface area (Å²) in [5.41, 5.74) is 2.21. The van der Waals surface area contributed by atoms with Crippen LogP contribution in [0.5, 0.6) is 0 Å². The first kappa shape index (κ1) is 11.0. The number of nitriles is 1. The van der Waals surface area contributed by atoms with Crippen molar-refractivity contribution >= 4 is 11.5 Å². The molecule has 1 aromatic heterocycles. The summed E-state index contributed by atoms with van der Waals surface area (Å²) >= 11 is 0. The summed E-state index contributed by atoms with van der Waals surface area (Å²) in [6.07, 6.45) is 1.14. The average molecular weight is 228 g/mol. The van der Waals surface area contributed by atoms with Gasteiger partial charge in [0, 0.05) is 11.8 Å². The maximum atomic E-state index is 12.9. The molecule has 0 atom stereocenters. The SMILES string of the molecule is Cc1ccc(C#N)cc1Nc1cc(F)ncn1. The summed E-state index contributed by atoms with van der Waals surface area (Å²) in [6, 6.07) is 8.47. The molecule has 0 saturated carbocycles. The largest absolute Gasteiger partial charge is 0.340 e. The fourth-order valence-corrected chi connectivity index (χ4v) is 1.37. The second kappa shape index (κ2) is 4.58. The Kier molecular flexibility index (Phi) is 2.97. The van der Waals surface area contributed by atoms with E-state index in [9.17, 15) is 4.39 Å². The molecule has 4 nitrogen and oxygen atoms in total. The molecule has 0 spiro atoms. The number of nitrogens with zero attached hydrogens (tertiary/aromatic N) is 3. The predicted molar refractivity (Wildman–Crippen MR) is 61.2 cm³/mol. The predicted octanol–water partition coefficient (Wildman–Crippen LogP) is 2.54. The van der Waals surface area contributed by atoms with Crippen LogP contribution in [0.4, 0.5) is 15.9 Å². The van der Waals surface area contributed by atoms with Crippen molar-refractivity contribution in [1.29, 1.82) is 5.26 Å². The van der Waals surface area contributed by atoms with Crippen LogP contribution in [0.25, 0.3) is 0 Å². The minimum atomic E-state index is -0.600. The zero-order valence-corrected chi connectivity index (χ0v) is 9.11. The van der Waals surface area contributed by atoms with Gasteiger partial charge in [-0.2, -0.15) is 9.65 Å². The van der Waals surface area contributed by atoms with E-state index in [1.54, 1.807) is 12.1 Å². The minimum absolute atomic E-state index is 0.357. The van der Waals surface area contributed by atoms with Gasteiger partial charge in [0.15, 0.2) is 0 Å². The normalized spacial score (nSPS) is 9.71. The molecule has 0 saturated heterocycles. The number of benzene rings is 1. The molecule has 1 heterocycles. The van der Waals surface area contributed by atoms with Gasteiger partial charge in [-0.05, 0) is 24.6 Å². The zero-order valence-electron chi connectivity index (χ0n) is 9.11. The molecule has 0 radical (unpaired) electrons. The van der Waals surface area contributed by atoms with E-state index in [4.69, 9.17) is 5.26 Å². The zero-order chi connectivity index (χ0) is 12.3. The molecule has 2 aromatic rings. The third-order valence-electron chi connectivity index (χ3n) is 2.26. The summed E-state index contributed by atoms with van der Waals surface area (Å²) < 4.78 is 12.9. The Balaban J connectivity index is 2.33. The van der Waals surface area contributed by atoms with Gasteiger partial charge in [0.2, 0.25) is 5.95 Å². The van der Waals surface area contributed by atoms with Crippen molar-refractivity contribution in [3.63, 3.8) is 0 Å². The van der Waals surface area contributed by atoms with Gasteiger partial charge in [0.05, 0.1) is 11.6 Å². The van der Waals surface area contributed by atoms with E-state index in [1.165, 1.54) is 6.07 Å². The Morgan fingerprint density at radius 2 is 2.12 bits per heavy atom. The monoisotopic (exact) mass is 228 g/mol. The second-order valence-corrected chi connectivity index (χ2v) is 3.49. The summed E-state index contributed by atoms with van der Waals surface area (Å²) in [7, 11) is 0. The van der Waals surface area contributed by atoms with Gasteiger partial charge in [-0.3, -0.25) is 0 Å². The highest BCUT2D eigenvalue weighted by atomic mass is 19.1. The van der Waals surface area contributed by atoms with Gasteiger partial charge in [-0.1, -0.05) is 6.07 Å². The second-order valence-electron chi connectivity index (χ2n) is 3.49. The quantitative estimate of drug-likeness (QED) is 0.802. The van der Waals surface area contributed by atoms with Crippen molar-refractivity contribution in [3.8, 4) is 6.07 Å². The van der Waals surface area contributed by atoms with Gasteiger partial charge in [-0.15, -0.1) is 0 Å². The third kappa shape index (κ3) is 2.55. The van der Waals surface area contributed by atoms with Gasteiger partial charge >= 0.3 is 0 Å². The van der Waals surface area contributed by atoms with Crippen LogP contribution in [0.3, 0.4) is 0 Å². The molecule has 2 rings (SSSR count). The fourth-order valence-electron chi connectivity index (χ4n) is 1.37. The molecule has 5 heteroatoms. The van der Waals surface area contributed by atoms with Crippen molar-refractivity contribution in [2.75, 3.05) is 5.32 Å². The molecule has 84 valence electrons. The van der Waals surface area contributed by atoms with Crippen LogP contribution in [-0.2, 0) is 0 Å². The van der Waals surface area contributed by atoms with Crippen LogP contribution >= 0.6 is 0 Å². The smallest absolute Gasteiger partial charge is 0.218 e. The standard InChI is InChI=1S/C12H9FN4/c1-8-2-3-9(6-14)4-10(8)17-12-5-11(13)15-7-16-12/h2-5,7H,1H3,(H,15,16,17). The van der Waals surface area contributed by atoms with Gasteiger partial charge in [-0.25, -0.2) is 9.97 Å². The Bertz CT molecular complexity index is 589. The topological polar surface area (TPSA) is 61.6 Å². The Labute approximate surface area is 97.8 Å². The molecule has 0 fully saturated rings. The van der Waals surface area contributed by atoms with Crippen LogP contribution in [0.2, 0.25) is 0 Å². The lowest BCUT2D eigenvalue weighted by Crippen LogP contribution is -1.97. The first-order chi connectivity index (χ1) is 8.19. The molecule has 0 bridgehead atoms. The van der Waals surface area contributed by atoms with Crippen LogP contribution in [0.15, 0.2) is 30.6 Å². The van der Waals surface area contributed by atoms with Crippen molar-refractivity contribution < 1.29 is 4.39 Å². The number of aryl methyl sites for hydroxylation is 1. The van der Waals surface area contributed by atoms with E-state index < -0.39 is 5.95 Å². The van der Waals surface area contributed by atoms with Crippen molar-refractivity contribution in [3.05, 3.63) is 47.7 Å². The molecule has 0 aliphatic rings. The number of halogens is 1. The summed E-state index contributed by atoms with van der Waals surface area (Å²) in [5, 5.41) is 11.7. The van der Waals surface area contributed by atoms with E-state index in [-0.39, 0.29) is 0 Å². The van der Waals surface area contributed by atoms with E-state index in [0.29, 0.717) is 11.4 Å². The van der Waals surface area contributed by atoms with Gasteiger partial charge < -0.3 is 5.32 Å². The van der Waals surface area contributed by atoms with Gasteiger partial charge in [0.25, 0.3) is 0 Å². The number of hydrogen-bond acceptors (Lipinski definition) is 4. The van der Waals surface area contributed by atoms with Gasteiger partial charge in [0.1, 0.15) is 12.1 Å². The Morgan fingerprint density at radius 3 is 2.82 bits per heavy atom. The van der Waals surface area contributed by atoms with E-state index in [2.05, 4.69) is 15.3 Å². The maximum Gasteiger partial charge on any atom is 0.218 e. The average Bonchev–Trinajstić information content (AvgIpc) is 2.32. The van der Waals surface area contributed by atoms with Crippen LogP contribution in [0.1, 0.15) is 11.1 Å². The van der Waals surface area contributed by atoms with Crippen LogP contribution in [-0.4, -0.2) is 9.97 Å². The Hall–Kier alpha value is -2.48. The highest BCUT2D eigenvalue weighted by Gasteiger charge is 2.03. The van der Waals surface area contributed by atoms with E-state index in [0.717, 1.165) is 17.6 Å². The summed E-state index contributed by atoms with van der Waals surface area (Å²) in [6.45, 7) is 1.89. The van der Waals surface area contributed by atoms with Crippen LogP contribution < -0.4 is 5.32 Å². The third-order valence-corrected chi connectivity index (χ3v) is 2.26. The molecule has 0 unspecified atom stereocenters. The number of nitrogens with one attached hydrogen (secondary N) is 1. The first-order valence-electron chi connectivity index (χ1n) is 4.94. The molecule has 0 amide bonds. The lowest BCUT2D eigenvalue weighted by molar-refractivity contribution is 0.580. The highest BCUT2D eigenvalue weighted by Crippen LogP contribution is 2.20. The molecule has 0 aliphatic heterocycles. The van der Waals surface area contributed by atoms with Crippen molar-refractivity contribution in [1.82, 2.24) is 9.97 Å². The lowest BCUT2D eigenvalue weighted by atomic mass is 10.1. The number of anilines is 2. The molecule has 1 N–H and O–H groups in total. The number of aromatic nitrogens is 2. The minimum Gasteiger partial charge on any atom is -0.340 e. The Morgan fingerprint density at radius 1 is 1.29 bits per heavy atom. The molecule has 1 aromatic carbocycles. The summed E-state index contributed by atoms with van der Waals surface area (Å²) in [4.78, 5) is 7.25. The van der Waals surface area contributed by atoms with Crippen molar-refractivity contribution in [2.24, 2.45) is 0 Å². The van der Waals surface area contributed by atoms with Crippen molar-refractivity contribution in [2.45, 2.75) is 6.92 Å². The first-order valence-corrected chi connectivity index (χ1v) is 4.94. The molecule has 17 heavy (non-hydrogen) atoms. The molecule has 0 aliphatic carbocycles. The number of rotatable bonds is 2. The van der Waals surface area contributed by atoms with Crippen LogP contribution in [0, 0.1) is 24.2 Å². The molecular formula is C12H9FN4. The highest BCUT2D eigenvalue weighted by molar-refractivity contribution is 5.62. The lowest BCUT2D eigenvalue weighted by Gasteiger charge is -2.08. The number of hydrogen-bond donors (Lipinski definition) is 1. The van der Waals surface area contributed by atoms with E-state index in [1.807, 2.05) is 19.1 Å². The fraction of sp³-hybridized carbons (Fsp3) is 0.0833. The molecular weight excluding hydrogens is 219 g/mol. The van der Waals surface area contributed by atoms with E-state index >= 15 is 0 Å². The maximum absolute atomic E-state index is 12.9.